The Balaban J connectivity index is 1.52. The van der Waals surface area contributed by atoms with E-state index in [0.717, 1.165) is 5.56 Å². The first-order valence-electron chi connectivity index (χ1n) is 11.1. The second-order valence-electron chi connectivity index (χ2n) is 9.42. The number of aliphatic hydroxyl groups excluding tert-OH is 1. The summed E-state index contributed by atoms with van der Waals surface area (Å²) in [5.74, 6) is -2.93. The molecule has 3 aliphatic heterocycles. The Kier molecular flexibility index (Phi) is 4.90. The molecule has 3 heterocycles. The zero-order valence-corrected chi connectivity index (χ0v) is 18.3. The van der Waals surface area contributed by atoms with E-state index >= 15 is 0 Å². The molecule has 5 rings (SSSR count). The maximum absolute atomic E-state index is 13.5. The fraction of sp³-hybridized carbons (Fsp3) is 0.542. The first-order valence-corrected chi connectivity index (χ1v) is 11.1. The second kappa shape index (κ2) is 7.42. The van der Waals surface area contributed by atoms with Crippen molar-refractivity contribution in [2.24, 2.45) is 23.7 Å². The smallest absolute Gasteiger partial charge is 0.352 e. The zero-order chi connectivity index (χ0) is 22.9. The molecule has 3 fully saturated rings. The van der Waals surface area contributed by atoms with E-state index in [1.807, 2.05) is 42.2 Å². The lowest BCUT2D eigenvalue weighted by Crippen LogP contribution is -2.64. The van der Waals surface area contributed by atoms with Crippen LogP contribution in [0.15, 0.2) is 41.6 Å². The maximum atomic E-state index is 13.5. The highest BCUT2D eigenvalue weighted by molar-refractivity contribution is 6.00. The van der Waals surface area contributed by atoms with Crippen LogP contribution in [0.1, 0.15) is 31.9 Å². The number of hydrogen-bond donors (Lipinski definition) is 2. The van der Waals surface area contributed by atoms with Gasteiger partial charge in [0.25, 0.3) is 0 Å². The Morgan fingerprint density at radius 2 is 1.81 bits per heavy atom. The van der Waals surface area contributed by atoms with Gasteiger partial charge in [-0.1, -0.05) is 30.3 Å². The number of benzene rings is 1. The number of aliphatic carboxylic acids is 1. The van der Waals surface area contributed by atoms with Crippen molar-refractivity contribution in [1.82, 2.24) is 9.80 Å². The van der Waals surface area contributed by atoms with Crippen LogP contribution >= 0.6 is 0 Å². The molecule has 1 saturated carbocycles. The Bertz CT molecular complexity index is 1010. The molecule has 2 N–H and O–H groups in total. The molecule has 1 aromatic rings. The van der Waals surface area contributed by atoms with E-state index in [-0.39, 0.29) is 41.3 Å². The highest BCUT2D eigenvalue weighted by Crippen LogP contribution is 2.56. The van der Waals surface area contributed by atoms with Gasteiger partial charge in [-0.15, -0.1) is 0 Å². The number of ether oxygens (including phenoxy) is 1. The van der Waals surface area contributed by atoms with Crippen molar-refractivity contribution in [3.63, 3.8) is 0 Å². The first kappa shape index (κ1) is 21.2. The van der Waals surface area contributed by atoms with Gasteiger partial charge in [0.15, 0.2) is 0 Å². The van der Waals surface area contributed by atoms with Crippen molar-refractivity contribution in [1.29, 1.82) is 0 Å². The predicted octanol–water partition coefficient (Wildman–Crippen LogP) is 1.42. The van der Waals surface area contributed by atoms with Gasteiger partial charge in [-0.2, -0.15) is 0 Å². The molecule has 8 atom stereocenters. The topological polar surface area (TPSA) is 107 Å². The first-order chi connectivity index (χ1) is 15.3. The number of carboxylic acid groups (broad SMARTS) is 1. The third-order valence-electron chi connectivity index (χ3n) is 7.97. The Labute approximate surface area is 186 Å². The minimum Gasteiger partial charge on any atom is -0.477 e. The molecule has 4 aliphatic rings. The number of fused-ring (bicyclic) bond motifs is 4. The van der Waals surface area contributed by atoms with Crippen LogP contribution in [0.5, 0.6) is 0 Å². The lowest BCUT2D eigenvalue weighted by atomic mass is 9.65. The molecule has 1 unspecified atom stereocenters. The van der Waals surface area contributed by atoms with Gasteiger partial charge in [-0.05, 0) is 31.4 Å². The molecule has 0 bridgehead atoms. The van der Waals surface area contributed by atoms with Gasteiger partial charge in [-0.3, -0.25) is 9.59 Å². The van der Waals surface area contributed by atoms with Crippen LogP contribution in [-0.4, -0.2) is 69.7 Å². The van der Waals surface area contributed by atoms with Gasteiger partial charge >= 0.3 is 5.97 Å². The normalized spacial score (nSPS) is 35.2. The van der Waals surface area contributed by atoms with E-state index in [4.69, 9.17) is 4.74 Å². The second-order valence-corrected chi connectivity index (χ2v) is 9.42. The summed E-state index contributed by atoms with van der Waals surface area (Å²) in [6.45, 7) is 4.03. The minimum absolute atomic E-state index is 0.0193. The number of likely N-dealkylation sites (tertiary alicyclic amines) is 1. The van der Waals surface area contributed by atoms with Gasteiger partial charge in [-0.25, -0.2) is 4.79 Å². The molecule has 2 saturated heterocycles. The van der Waals surface area contributed by atoms with Crippen molar-refractivity contribution in [2.45, 2.75) is 44.6 Å². The van der Waals surface area contributed by atoms with E-state index < -0.39 is 30.1 Å². The van der Waals surface area contributed by atoms with Gasteiger partial charge in [0.05, 0.1) is 30.2 Å². The number of rotatable bonds is 5. The zero-order valence-electron chi connectivity index (χ0n) is 18.3. The van der Waals surface area contributed by atoms with Crippen LogP contribution in [0, 0.1) is 23.7 Å². The standard InChI is InChI=1S/C24H28N2O6/c1-11(13-7-5-4-6-8-13)25-10-16-14(22(25)28)9-15-18(21(16)32-3)20(24(30)31)26-19(15)17(12(2)27)23(26)29/h4-8,11-12,14-17,19,21,27H,9-10H2,1-3H3,(H,30,31)/t11-,12+,14-,15-,16-,17+,19?,21+/m0/s1. The summed E-state index contributed by atoms with van der Waals surface area (Å²) in [6, 6.07) is 9.29. The molecule has 32 heavy (non-hydrogen) atoms. The van der Waals surface area contributed by atoms with Gasteiger partial charge in [0, 0.05) is 31.4 Å². The molecule has 8 nitrogen and oxygen atoms in total. The average Bonchev–Trinajstić information content (AvgIpc) is 3.25. The summed E-state index contributed by atoms with van der Waals surface area (Å²) in [4.78, 5) is 41.6. The highest BCUT2D eigenvalue weighted by Gasteiger charge is 2.66. The number of methoxy groups -OCH3 is 1. The molecule has 170 valence electrons. The predicted molar refractivity (Wildman–Crippen MR) is 113 cm³/mol. The van der Waals surface area contributed by atoms with E-state index in [2.05, 4.69) is 0 Å². The fourth-order valence-corrected chi connectivity index (χ4v) is 6.54. The summed E-state index contributed by atoms with van der Waals surface area (Å²) >= 11 is 0. The molecule has 8 heteroatoms. The van der Waals surface area contributed by atoms with E-state index in [0.29, 0.717) is 18.5 Å². The summed E-state index contributed by atoms with van der Waals surface area (Å²) in [6.07, 6.45) is -0.980. The summed E-state index contributed by atoms with van der Waals surface area (Å²) in [5.41, 5.74) is 1.63. The quantitative estimate of drug-likeness (QED) is 0.671. The van der Waals surface area contributed by atoms with Crippen LogP contribution in [0.25, 0.3) is 0 Å². The number of carboxylic acids is 1. The maximum Gasteiger partial charge on any atom is 0.352 e. The highest BCUT2D eigenvalue weighted by atomic mass is 16.5. The van der Waals surface area contributed by atoms with Crippen molar-refractivity contribution in [3.05, 3.63) is 47.2 Å². The molecule has 0 spiro atoms. The summed E-state index contributed by atoms with van der Waals surface area (Å²) in [7, 11) is 1.54. The van der Waals surface area contributed by atoms with E-state index in [9.17, 15) is 24.6 Å². The molecule has 0 radical (unpaired) electrons. The fourth-order valence-electron chi connectivity index (χ4n) is 6.54. The van der Waals surface area contributed by atoms with Crippen molar-refractivity contribution in [3.8, 4) is 0 Å². The van der Waals surface area contributed by atoms with Gasteiger partial charge < -0.3 is 24.7 Å². The molecule has 1 aromatic carbocycles. The number of β-lactam (4-membered cyclic amide) rings is 1. The SMILES string of the molecule is CO[C@H]1C2=C(C(=O)O)N3C(=O)[C@H]([C@@H](C)O)C3[C@H]2C[C@@H]2C(=O)N([C@@H](C)c3ccccc3)C[C@@H]21. The molecule has 1 aliphatic carbocycles. The van der Waals surface area contributed by atoms with Crippen molar-refractivity contribution in [2.75, 3.05) is 13.7 Å². The van der Waals surface area contributed by atoms with Crippen molar-refractivity contribution < 1.29 is 29.3 Å². The Hall–Kier alpha value is -2.71. The van der Waals surface area contributed by atoms with Crippen LogP contribution in [0.3, 0.4) is 0 Å². The van der Waals surface area contributed by atoms with Crippen LogP contribution in [0.2, 0.25) is 0 Å². The number of aliphatic hydroxyl groups is 1. The molecular weight excluding hydrogens is 412 g/mol. The minimum atomic E-state index is -1.16. The van der Waals surface area contributed by atoms with E-state index in [1.54, 1.807) is 6.92 Å². The van der Waals surface area contributed by atoms with Gasteiger partial charge in [0.1, 0.15) is 5.70 Å². The molecule has 2 amide bonds. The number of carbonyl (C=O) groups is 3. The largest absolute Gasteiger partial charge is 0.477 e. The van der Waals surface area contributed by atoms with Gasteiger partial charge in [0.2, 0.25) is 11.8 Å². The Morgan fingerprint density at radius 1 is 1.12 bits per heavy atom. The lowest BCUT2D eigenvalue weighted by molar-refractivity contribution is -0.164. The number of carbonyl (C=O) groups excluding carboxylic acids is 2. The Morgan fingerprint density at radius 3 is 2.41 bits per heavy atom. The lowest BCUT2D eigenvalue weighted by Gasteiger charge is -2.48. The molecular formula is C24H28N2O6. The molecule has 0 aromatic heterocycles. The van der Waals surface area contributed by atoms with Crippen LogP contribution in [0.4, 0.5) is 0 Å². The third kappa shape index (κ3) is 2.72. The van der Waals surface area contributed by atoms with Crippen molar-refractivity contribution >= 4 is 17.8 Å². The number of amides is 2. The third-order valence-corrected chi connectivity index (χ3v) is 7.97. The van der Waals surface area contributed by atoms with Crippen LogP contribution < -0.4 is 0 Å². The summed E-state index contributed by atoms with van der Waals surface area (Å²) in [5, 5.41) is 20.2. The number of hydrogen-bond acceptors (Lipinski definition) is 5. The monoisotopic (exact) mass is 440 g/mol. The summed E-state index contributed by atoms with van der Waals surface area (Å²) < 4.78 is 5.84. The number of nitrogens with zero attached hydrogens (tertiary/aromatic N) is 2. The van der Waals surface area contributed by atoms with E-state index in [1.165, 1.54) is 12.0 Å². The van der Waals surface area contributed by atoms with Crippen LogP contribution in [-0.2, 0) is 19.1 Å². The average molecular weight is 440 g/mol.